The molecule has 8 heteroatoms. The predicted octanol–water partition coefficient (Wildman–Crippen LogP) is 2.10. The summed E-state index contributed by atoms with van der Waals surface area (Å²) in [5.74, 6) is -0.576. The Kier molecular flexibility index (Phi) is 6.18. The summed E-state index contributed by atoms with van der Waals surface area (Å²) < 4.78 is 38.2. The molecule has 146 valence electrons. The Labute approximate surface area is 155 Å². The van der Waals surface area contributed by atoms with Gasteiger partial charge < -0.3 is 14.4 Å². The third-order valence-corrected chi connectivity index (χ3v) is 5.88. The molecule has 7 nitrogen and oxygen atoms in total. The highest BCUT2D eigenvalue weighted by Gasteiger charge is 2.39. The summed E-state index contributed by atoms with van der Waals surface area (Å²) in [7, 11) is -2.16. The van der Waals surface area contributed by atoms with Gasteiger partial charge in [-0.3, -0.25) is 9.52 Å². The minimum absolute atomic E-state index is 0.0642. The Morgan fingerprint density at radius 3 is 2.81 bits per heavy atom. The number of nitrogens with zero attached hydrogens (tertiary/aromatic N) is 1. The van der Waals surface area contributed by atoms with Crippen molar-refractivity contribution in [2.75, 3.05) is 30.7 Å². The summed E-state index contributed by atoms with van der Waals surface area (Å²) in [6.45, 7) is 8.28. The summed E-state index contributed by atoms with van der Waals surface area (Å²) in [4.78, 5) is 14.6. The van der Waals surface area contributed by atoms with E-state index in [-0.39, 0.29) is 17.8 Å². The van der Waals surface area contributed by atoms with Gasteiger partial charge in [-0.1, -0.05) is 13.0 Å². The summed E-state index contributed by atoms with van der Waals surface area (Å²) in [5, 5.41) is 0. The van der Waals surface area contributed by atoms with Gasteiger partial charge in [0.1, 0.15) is 5.75 Å². The van der Waals surface area contributed by atoms with Crippen molar-refractivity contribution in [3.05, 3.63) is 24.3 Å². The lowest BCUT2D eigenvalue weighted by Crippen LogP contribution is -2.59. The number of sulfonamides is 1. The van der Waals surface area contributed by atoms with Crippen LogP contribution in [0.4, 0.5) is 5.69 Å². The Hall–Kier alpha value is -1.80. The van der Waals surface area contributed by atoms with Gasteiger partial charge in [0.15, 0.2) is 0 Å². The van der Waals surface area contributed by atoms with Crippen LogP contribution in [0.1, 0.15) is 27.7 Å². The molecule has 26 heavy (non-hydrogen) atoms. The smallest absolute Gasteiger partial charge is 0.233 e. The lowest BCUT2D eigenvalue weighted by molar-refractivity contribution is -0.155. The van der Waals surface area contributed by atoms with Crippen molar-refractivity contribution in [1.29, 1.82) is 0 Å². The first-order valence-corrected chi connectivity index (χ1v) is 10.3. The van der Waals surface area contributed by atoms with E-state index in [9.17, 15) is 13.2 Å². The quantitative estimate of drug-likeness (QED) is 0.812. The zero-order valence-corrected chi connectivity index (χ0v) is 16.8. The summed E-state index contributed by atoms with van der Waals surface area (Å²) >= 11 is 0. The fraction of sp³-hybridized carbons (Fsp3) is 0.611. The van der Waals surface area contributed by atoms with E-state index in [0.29, 0.717) is 24.6 Å². The first-order valence-electron chi connectivity index (χ1n) is 8.62. The maximum Gasteiger partial charge on any atom is 0.233 e. The van der Waals surface area contributed by atoms with Crippen LogP contribution < -0.4 is 9.46 Å². The Balaban J connectivity index is 2.06. The van der Waals surface area contributed by atoms with Gasteiger partial charge in [0.2, 0.25) is 15.9 Å². The molecule has 0 spiro atoms. The van der Waals surface area contributed by atoms with Crippen LogP contribution in [0, 0.1) is 5.92 Å². The number of amides is 1. The standard InChI is InChI=1S/C18H28N2O5S/c1-13(17(21)20-10-14(2)25-12-18(20,3)4)11-26(22,23)19-15-7-6-8-16(9-15)24-5/h6-9,13-14,19H,10-12H2,1-5H3. The van der Waals surface area contributed by atoms with Crippen molar-refractivity contribution in [1.82, 2.24) is 4.90 Å². The third kappa shape index (κ3) is 5.11. The molecule has 1 N–H and O–H groups in total. The second-order valence-electron chi connectivity index (χ2n) is 7.40. The number of ether oxygens (including phenoxy) is 2. The van der Waals surface area contributed by atoms with Crippen molar-refractivity contribution >= 4 is 21.6 Å². The summed E-state index contributed by atoms with van der Waals surface area (Å²) in [5.41, 5.74) is -0.0497. The Morgan fingerprint density at radius 1 is 1.46 bits per heavy atom. The zero-order chi connectivity index (χ0) is 19.5. The number of hydrogen-bond acceptors (Lipinski definition) is 5. The van der Waals surface area contributed by atoms with Gasteiger partial charge in [0, 0.05) is 12.6 Å². The highest BCUT2D eigenvalue weighted by molar-refractivity contribution is 7.92. The predicted molar refractivity (Wildman–Crippen MR) is 101 cm³/mol. The van der Waals surface area contributed by atoms with E-state index in [1.165, 1.54) is 7.11 Å². The molecule has 2 rings (SSSR count). The highest BCUT2D eigenvalue weighted by atomic mass is 32.2. The first kappa shape index (κ1) is 20.5. The number of morpholine rings is 1. The van der Waals surface area contributed by atoms with Crippen LogP contribution in [-0.4, -0.2) is 56.9 Å². The van der Waals surface area contributed by atoms with Crippen LogP contribution in [0.25, 0.3) is 0 Å². The van der Waals surface area contributed by atoms with Gasteiger partial charge in [0.05, 0.1) is 42.7 Å². The van der Waals surface area contributed by atoms with Crippen molar-refractivity contribution < 1.29 is 22.7 Å². The highest BCUT2D eigenvalue weighted by Crippen LogP contribution is 2.25. The van der Waals surface area contributed by atoms with Gasteiger partial charge in [-0.15, -0.1) is 0 Å². The largest absolute Gasteiger partial charge is 0.497 e. The van der Waals surface area contributed by atoms with Crippen molar-refractivity contribution in [2.45, 2.75) is 39.3 Å². The van der Waals surface area contributed by atoms with Crippen molar-refractivity contribution in [2.24, 2.45) is 5.92 Å². The molecule has 1 aliphatic heterocycles. The van der Waals surface area contributed by atoms with Gasteiger partial charge in [-0.05, 0) is 32.9 Å². The molecule has 0 aromatic heterocycles. The molecule has 0 saturated carbocycles. The van der Waals surface area contributed by atoms with Crippen LogP contribution in [0.5, 0.6) is 5.75 Å². The molecule has 0 radical (unpaired) electrons. The SMILES string of the molecule is COc1cccc(NS(=O)(=O)CC(C)C(=O)N2CC(C)OCC2(C)C)c1. The normalized spacial score (nSPS) is 21.1. The number of anilines is 1. The molecule has 1 aromatic rings. The number of hydrogen-bond donors (Lipinski definition) is 1. The zero-order valence-electron chi connectivity index (χ0n) is 16.0. The average molecular weight is 384 g/mol. The van der Waals surface area contributed by atoms with Crippen molar-refractivity contribution in [3.8, 4) is 5.75 Å². The molecule has 1 saturated heterocycles. The summed E-state index contributed by atoms with van der Waals surface area (Å²) in [6, 6.07) is 6.66. The van der Waals surface area contributed by atoms with E-state index in [1.54, 1.807) is 36.1 Å². The molecular weight excluding hydrogens is 356 g/mol. The molecule has 2 unspecified atom stereocenters. The molecule has 0 bridgehead atoms. The number of rotatable bonds is 6. The molecule has 1 heterocycles. The fourth-order valence-corrected chi connectivity index (χ4v) is 4.31. The molecule has 1 aliphatic rings. The van der Waals surface area contributed by atoms with E-state index in [2.05, 4.69) is 4.72 Å². The average Bonchev–Trinajstić information content (AvgIpc) is 2.55. The minimum atomic E-state index is -3.68. The van der Waals surface area contributed by atoms with Gasteiger partial charge in [-0.2, -0.15) is 0 Å². The van der Waals surface area contributed by atoms with Gasteiger partial charge >= 0.3 is 0 Å². The molecule has 1 amide bonds. The van der Waals surface area contributed by atoms with Crippen LogP contribution >= 0.6 is 0 Å². The molecule has 1 aromatic carbocycles. The van der Waals surface area contributed by atoms with Gasteiger partial charge in [-0.25, -0.2) is 8.42 Å². The maximum atomic E-state index is 12.8. The lowest BCUT2D eigenvalue weighted by atomic mass is 9.98. The van der Waals surface area contributed by atoms with Crippen LogP contribution in [0.2, 0.25) is 0 Å². The van der Waals surface area contributed by atoms with E-state index in [0.717, 1.165) is 0 Å². The molecule has 0 aliphatic carbocycles. The first-order chi connectivity index (χ1) is 12.0. The van der Waals surface area contributed by atoms with Gasteiger partial charge in [0.25, 0.3) is 0 Å². The topological polar surface area (TPSA) is 84.9 Å². The molecular formula is C18H28N2O5S. The van der Waals surface area contributed by atoms with E-state index >= 15 is 0 Å². The fourth-order valence-electron chi connectivity index (χ4n) is 2.94. The Bertz CT molecular complexity index is 748. The van der Waals surface area contributed by atoms with E-state index in [4.69, 9.17) is 9.47 Å². The van der Waals surface area contributed by atoms with Crippen LogP contribution in [0.15, 0.2) is 24.3 Å². The number of methoxy groups -OCH3 is 1. The van der Waals surface area contributed by atoms with E-state index < -0.39 is 21.5 Å². The number of benzene rings is 1. The third-order valence-electron chi connectivity index (χ3n) is 4.39. The number of carbonyl (C=O) groups excluding carboxylic acids is 1. The summed E-state index contributed by atoms with van der Waals surface area (Å²) in [6.07, 6.45) is -0.0642. The number of carbonyl (C=O) groups is 1. The second kappa shape index (κ2) is 7.84. The lowest BCUT2D eigenvalue weighted by Gasteiger charge is -2.45. The molecule has 2 atom stereocenters. The van der Waals surface area contributed by atoms with Crippen LogP contribution in [0.3, 0.4) is 0 Å². The second-order valence-corrected chi connectivity index (χ2v) is 9.17. The minimum Gasteiger partial charge on any atom is -0.497 e. The number of nitrogens with one attached hydrogen (secondary N) is 1. The molecule has 1 fully saturated rings. The van der Waals surface area contributed by atoms with E-state index in [1.807, 2.05) is 20.8 Å². The maximum absolute atomic E-state index is 12.8. The Morgan fingerprint density at radius 2 is 2.15 bits per heavy atom. The van der Waals surface area contributed by atoms with Crippen molar-refractivity contribution in [3.63, 3.8) is 0 Å². The monoisotopic (exact) mass is 384 g/mol. The van der Waals surface area contributed by atoms with Crippen LogP contribution in [-0.2, 0) is 19.6 Å².